The molecule has 2 heterocycles. The molecule has 1 aliphatic rings. The Morgan fingerprint density at radius 2 is 1.82 bits per heavy atom. The van der Waals surface area contributed by atoms with Crippen LogP contribution in [0.3, 0.4) is 0 Å². The van der Waals surface area contributed by atoms with E-state index in [9.17, 15) is 19.5 Å². The van der Waals surface area contributed by atoms with E-state index in [0.29, 0.717) is 6.42 Å². The molecule has 214 valence electrons. The molecule has 2 aromatic rings. The van der Waals surface area contributed by atoms with Crippen molar-refractivity contribution in [2.45, 2.75) is 109 Å². The fraction of sp³-hybridized carbons (Fsp3) is 0.600. The molecule has 0 saturated carbocycles. The highest BCUT2D eigenvalue weighted by atomic mass is 32.1. The van der Waals surface area contributed by atoms with Gasteiger partial charge in [0.2, 0.25) is 5.91 Å². The highest BCUT2D eigenvalue weighted by Crippen LogP contribution is 2.29. The van der Waals surface area contributed by atoms with Crippen molar-refractivity contribution in [2.75, 3.05) is 6.54 Å². The SMILES string of the molecule is CCCCCCCCC(=O)C(N)(CC)C(=O)N1CC(O)CC1C(=O)N[C@@H](C)c1ccc(-c2scnc2C)cc1. The number of carbonyl (C=O) groups is 3. The average molecular weight is 557 g/mol. The number of thiazole rings is 1. The van der Waals surface area contributed by atoms with Crippen molar-refractivity contribution < 1.29 is 19.5 Å². The summed E-state index contributed by atoms with van der Waals surface area (Å²) in [5.74, 6) is -1.23. The van der Waals surface area contributed by atoms with E-state index in [1.165, 1.54) is 11.3 Å². The normalized spacial score (nSPS) is 19.5. The lowest BCUT2D eigenvalue weighted by Crippen LogP contribution is -2.62. The van der Waals surface area contributed by atoms with E-state index in [1.807, 2.05) is 43.6 Å². The first-order valence-corrected chi connectivity index (χ1v) is 15.1. The maximum atomic E-state index is 13.6. The summed E-state index contributed by atoms with van der Waals surface area (Å²) < 4.78 is 0. The number of aliphatic hydroxyl groups is 1. The Hall–Kier alpha value is -2.62. The molecule has 9 heteroatoms. The van der Waals surface area contributed by atoms with Gasteiger partial charge in [0.25, 0.3) is 5.91 Å². The number of ketones is 1. The molecule has 39 heavy (non-hydrogen) atoms. The topological polar surface area (TPSA) is 126 Å². The zero-order valence-electron chi connectivity index (χ0n) is 23.7. The lowest BCUT2D eigenvalue weighted by molar-refractivity contribution is -0.147. The molecule has 1 aliphatic heterocycles. The van der Waals surface area contributed by atoms with Crippen LogP contribution in [0.5, 0.6) is 0 Å². The second-order valence-corrected chi connectivity index (χ2v) is 11.6. The summed E-state index contributed by atoms with van der Waals surface area (Å²) in [7, 11) is 0. The largest absolute Gasteiger partial charge is 0.391 e. The van der Waals surface area contributed by atoms with Gasteiger partial charge in [-0.25, -0.2) is 4.98 Å². The highest BCUT2D eigenvalue weighted by Gasteiger charge is 2.48. The molecule has 0 bridgehead atoms. The minimum atomic E-state index is -1.69. The minimum absolute atomic E-state index is 0.0164. The van der Waals surface area contributed by atoms with Crippen molar-refractivity contribution in [3.05, 3.63) is 41.0 Å². The minimum Gasteiger partial charge on any atom is -0.391 e. The van der Waals surface area contributed by atoms with Crippen molar-refractivity contribution in [1.82, 2.24) is 15.2 Å². The average Bonchev–Trinajstić information content (AvgIpc) is 3.54. The van der Waals surface area contributed by atoms with Crippen LogP contribution in [0.2, 0.25) is 0 Å². The number of rotatable bonds is 14. The lowest BCUT2D eigenvalue weighted by Gasteiger charge is -2.33. The first-order chi connectivity index (χ1) is 18.6. The molecule has 3 unspecified atom stereocenters. The summed E-state index contributed by atoms with van der Waals surface area (Å²) >= 11 is 1.58. The van der Waals surface area contributed by atoms with E-state index in [-0.39, 0.29) is 43.5 Å². The van der Waals surface area contributed by atoms with Crippen molar-refractivity contribution in [3.8, 4) is 10.4 Å². The Morgan fingerprint density at radius 3 is 2.44 bits per heavy atom. The number of nitrogens with two attached hydrogens (primary N) is 1. The molecule has 3 rings (SSSR count). The van der Waals surface area contributed by atoms with E-state index in [4.69, 9.17) is 5.73 Å². The molecule has 0 aliphatic carbocycles. The van der Waals surface area contributed by atoms with Gasteiger partial charge in [-0.05, 0) is 37.8 Å². The fourth-order valence-corrected chi connectivity index (χ4v) is 6.01. The number of hydrogen-bond donors (Lipinski definition) is 3. The molecule has 4 N–H and O–H groups in total. The van der Waals surface area contributed by atoms with E-state index in [2.05, 4.69) is 17.2 Å². The van der Waals surface area contributed by atoms with Gasteiger partial charge in [-0.2, -0.15) is 0 Å². The van der Waals surface area contributed by atoms with Crippen molar-refractivity contribution in [1.29, 1.82) is 0 Å². The first-order valence-electron chi connectivity index (χ1n) is 14.2. The van der Waals surface area contributed by atoms with Gasteiger partial charge in [0.05, 0.1) is 28.2 Å². The zero-order valence-corrected chi connectivity index (χ0v) is 24.6. The second kappa shape index (κ2) is 14.1. The van der Waals surface area contributed by atoms with Crippen LogP contribution >= 0.6 is 11.3 Å². The Labute approximate surface area is 236 Å². The lowest BCUT2D eigenvalue weighted by atomic mass is 9.87. The quantitative estimate of drug-likeness (QED) is 0.229. The number of likely N-dealkylation sites (tertiary alicyclic amines) is 1. The number of benzene rings is 1. The number of carbonyl (C=O) groups excluding carboxylic acids is 3. The number of nitrogens with zero attached hydrogens (tertiary/aromatic N) is 2. The third-order valence-corrected chi connectivity index (χ3v) is 8.79. The Balaban J connectivity index is 1.64. The number of aromatic nitrogens is 1. The number of aliphatic hydroxyl groups excluding tert-OH is 1. The molecule has 1 aromatic carbocycles. The van der Waals surface area contributed by atoms with E-state index >= 15 is 0 Å². The smallest absolute Gasteiger partial charge is 0.251 e. The van der Waals surface area contributed by atoms with Gasteiger partial charge in [0.15, 0.2) is 11.3 Å². The predicted molar refractivity (Wildman–Crippen MR) is 155 cm³/mol. The number of β-amino-alcohol motifs (C(OH)–C–C–N with tert-alkyl or cyclic N) is 1. The monoisotopic (exact) mass is 556 g/mol. The van der Waals surface area contributed by atoms with Gasteiger partial charge in [-0.15, -0.1) is 11.3 Å². The maximum Gasteiger partial charge on any atom is 0.251 e. The molecule has 1 fully saturated rings. The summed E-state index contributed by atoms with van der Waals surface area (Å²) in [6.45, 7) is 7.72. The van der Waals surface area contributed by atoms with Gasteiger partial charge < -0.3 is 21.1 Å². The number of hydrogen-bond acceptors (Lipinski definition) is 7. The molecule has 8 nitrogen and oxygen atoms in total. The van der Waals surface area contributed by atoms with Gasteiger partial charge >= 0.3 is 0 Å². The molecule has 1 saturated heterocycles. The molecule has 4 atom stereocenters. The first kappa shape index (κ1) is 30.9. The van der Waals surface area contributed by atoms with Crippen LogP contribution in [0.4, 0.5) is 0 Å². The number of aryl methyl sites for hydroxylation is 1. The molecule has 1 aromatic heterocycles. The van der Waals surface area contributed by atoms with Crippen LogP contribution in [0.25, 0.3) is 10.4 Å². The third-order valence-electron chi connectivity index (χ3n) is 7.81. The van der Waals surface area contributed by atoms with Crippen molar-refractivity contribution in [3.63, 3.8) is 0 Å². The van der Waals surface area contributed by atoms with Crippen molar-refractivity contribution in [2.24, 2.45) is 5.73 Å². The molecule has 0 radical (unpaired) electrons. The molecule has 2 amide bonds. The second-order valence-electron chi connectivity index (χ2n) is 10.7. The van der Waals surface area contributed by atoms with E-state index in [0.717, 1.165) is 47.4 Å². The van der Waals surface area contributed by atoms with Crippen molar-refractivity contribution >= 4 is 28.9 Å². The zero-order chi connectivity index (χ0) is 28.6. The molecular formula is C30H44N4O4S. The van der Waals surface area contributed by atoms with Crippen LogP contribution in [0.15, 0.2) is 29.8 Å². The summed E-state index contributed by atoms with van der Waals surface area (Å²) in [5.41, 5.74) is 9.53. The van der Waals surface area contributed by atoms with Crippen LogP contribution in [0.1, 0.15) is 95.9 Å². The molecule has 0 spiro atoms. The third kappa shape index (κ3) is 7.52. The van der Waals surface area contributed by atoms with Gasteiger partial charge in [0.1, 0.15) is 6.04 Å². The number of unbranched alkanes of at least 4 members (excludes halogenated alkanes) is 5. The predicted octanol–water partition coefficient (Wildman–Crippen LogP) is 4.68. The van der Waals surface area contributed by atoms with Crippen LogP contribution < -0.4 is 11.1 Å². The van der Waals surface area contributed by atoms with Gasteiger partial charge in [-0.1, -0.05) is 70.2 Å². The fourth-order valence-electron chi connectivity index (χ4n) is 5.19. The Bertz CT molecular complexity index is 1120. The summed E-state index contributed by atoms with van der Waals surface area (Å²) in [6.07, 6.45) is 5.80. The van der Waals surface area contributed by atoms with E-state index in [1.54, 1.807) is 18.3 Å². The molecular weight excluding hydrogens is 512 g/mol. The standard InChI is InChI=1S/C30H44N4O4S/c1-5-7-8-9-10-11-12-26(36)30(31,6-2)29(38)34-18-24(35)17-25(34)28(37)33-20(3)22-13-15-23(16-14-22)27-21(4)32-19-39-27/h13-16,19-20,24-25,35H,5-12,17-18,31H2,1-4H3,(H,33,37)/t20-,24?,25?,30?/m0/s1. The van der Waals surface area contributed by atoms with Gasteiger partial charge in [0, 0.05) is 19.4 Å². The maximum absolute atomic E-state index is 13.6. The number of Topliss-reactive ketones (excluding diaryl/α,β-unsaturated/α-hetero) is 1. The number of nitrogens with one attached hydrogen (secondary N) is 1. The van der Waals surface area contributed by atoms with Gasteiger partial charge in [-0.3, -0.25) is 14.4 Å². The summed E-state index contributed by atoms with van der Waals surface area (Å²) in [6, 6.07) is 6.75. The van der Waals surface area contributed by atoms with E-state index < -0.39 is 23.6 Å². The van der Waals surface area contributed by atoms with Crippen LogP contribution in [-0.2, 0) is 14.4 Å². The summed E-state index contributed by atoms with van der Waals surface area (Å²) in [5, 5.41) is 13.4. The van der Waals surface area contributed by atoms with Crippen LogP contribution in [0, 0.1) is 6.92 Å². The highest BCUT2D eigenvalue weighted by molar-refractivity contribution is 7.13. The number of amides is 2. The summed E-state index contributed by atoms with van der Waals surface area (Å²) in [4.78, 5) is 46.7. The van der Waals surface area contributed by atoms with Crippen LogP contribution in [-0.4, -0.2) is 56.8 Å². The Morgan fingerprint density at radius 1 is 1.15 bits per heavy atom. The Kier molecular flexibility index (Phi) is 11.2.